The number of benzene rings is 2. The number of hydrogen-bond acceptors (Lipinski definition) is 4. The number of methoxy groups -OCH3 is 1. The van der Waals surface area contributed by atoms with E-state index in [4.69, 9.17) is 4.74 Å². The van der Waals surface area contributed by atoms with Crippen LogP contribution in [0.5, 0.6) is 0 Å². The lowest BCUT2D eigenvalue weighted by molar-refractivity contribution is 0.0512. The Kier molecular flexibility index (Phi) is 8.10. The van der Waals surface area contributed by atoms with Crippen molar-refractivity contribution in [3.63, 3.8) is 0 Å². The van der Waals surface area contributed by atoms with E-state index in [0.29, 0.717) is 18.7 Å². The van der Waals surface area contributed by atoms with Gasteiger partial charge in [0.15, 0.2) is 0 Å². The Bertz CT molecular complexity index is 713. The van der Waals surface area contributed by atoms with Gasteiger partial charge >= 0.3 is 0 Å². The van der Waals surface area contributed by atoms with Crippen LogP contribution in [0.2, 0.25) is 0 Å². The smallest absolute Gasteiger partial charge is 0.251 e. The zero-order chi connectivity index (χ0) is 18.2. The molecule has 0 spiro atoms. The Morgan fingerprint density at radius 1 is 1.07 bits per heavy atom. The fourth-order valence-corrected chi connectivity index (χ4v) is 3.43. The first-order valence-corrected chi connectivity index (χ1v) is 9.11. The molecule has 0 aliphatic carbocycles. The van der Waals surface area contributed by atoms with Crippen LogP contribution in [0.4, 0.5) is 11.4 Å². The van der Waals surface area contributed by atoms with Gasteiger partial charge in [-0.1, -0.05) is 24.3 Å². The number of ether oxygens (including phenoxy) is 1. The molecule has 2 aromatic carbocycles. The first-order chi connectivity index (χ1) is 12.7. The van der Waals surface area contributed by atoms with Gasteiger partial charge in [-0.15, -0.1) is 12.4 Å². The summed E-state index contributed by atoms with van der Waals surface area (Å²) in [5.74, 6) is -0.0456. The molecular weight excluding hydrogens is 362 g/mol. The fraction of sp³-hybridized carbons (Fsp3) is 0.381. The van der Waals surface area contributed by atoms with Crippen LogP contribution in [0.25, 0.3) is 0 Å². The molecule has 0 radical (unpaired) electrons. The zero-order valence-electron chi connectivity index (χ0n) is 15.7. The van der Waals surface area contributed by atoms with E-state index in [1.807, 2.05) is 54.6 Å². The molecule has 0 aromatic heterocycles. The van der Waals surface area contributed by atoms with Crippen LogP contribution in [0.3, 0.4) is 0 Å². The monoisotopic (exact) mass is 389 g/mol. The van der Waals surface area contributed by atoms with Crippen molar-refractivity contribution in [1.82, 2.24) is 10.6 Å². The summed E-state index contributed by atoms with van der Waals surface area (Å²) in [5, 5.41) is 9.81. The van der Waals surface area contributed by atoms with Crippen LogP contribution in [-0.2, 0) is 4.74 Å². The second-order valence-corrected chi connectivity index (χ2v) is 6.94. The number of carbonyl (C=O) groups excluding carboxylic acids is 1. The van der Waals surface area contributed by atoms with Crippen molar-refractivity contribution in [3.05, 3.63) is 60.2 Å². The summed E-state index contributed by atoms with van der Waals surface area (Å²) in [6, 6.07) is 17.5. The standard InChI is InChI=1S/C21H27N3O2.ClH/c1-26-16-21(10-12-22-13-11-21)15-23-20(25)17-6-5-9-19(14-17)24-18-7-3-2-4-8-18;/h2-9,14,22,24H,10-13,15-16H2,1H3,(H,23,25);1H. The summed E-state index contributed by atoms with van der Waals surface area (Å²) >= 11 is 0. The molecule has 5 nitrogen and oxygen atoms in total. The minimum atomic E-state index is -0.0456. The molecule has 1 fully saturated rings. The normalized spacial score (nSPS) is 15.4. The van der Waals surface area contributed by atoms with Gasteiger partial charge in [0.05, 0.1) is 6.61 Å². The molecule has 1 aliphatic rings. The highest BCUT2D eigenvalue weighted by Gasteiger charge is 2.32. The number of amides is 1. The summed E-state index contributed by atoms with van der Waals surface area (Å²) in [4.78, 5) is 12.6. The van der Waals surface area contributed by atoms with Gasteiger partial charge in [0.2, 0.25) is 0 Å². The minimum absolute atomic E-state index is 0. The average Bonchev–Trinajstić information content (AvgIpc) is 2.68. The summed E-state index contributed by atoms with van der Waals surface area (Å²) in [5.41, 5.74) is 2.58. The predicted molar refractivity (Wildman–Crippen MR) is 112 cm³/mol. The van der Waals surface area contributed by atoms with Gasteiger partial charge in [-0.25, -0.2) is 0 Å². The largest absolute Gasteiger partial charge is 0.384 e. The van der Waals surface area contributed by atoms with E-state index in [1.54, 1.807) is 7.11 Å². The van der Waals surface area contributed by atoms with Gasteiger partial charge in [0, 0.05) is 36.0 Å². The number of nitrogens with one attached hydrogen (secondary N) is 3. The first-order valence-electron chi connectivity index (χ1n) is 9.11. The van der Waals surface area contributed by atoms with Crippen molar-refractivity contribution in [2.75, 3.05) is 38.7 Å². The Labute approximate surface area is 167 Å². The molecule has 0 unspecified atom stereocenters. The molecule has 1 heterocycles. The molecule has 0 atom stereocenters. The summed E-state index contributed by atoms with van der Waals surface area (Å²) in [6.07, 6.45) is 2.02. The Balaban J connectivity index is 0.00000261. The Hall–Kier alpha value is -2.08. The van der Waals surface area contributed by atoms with Crippen molar-refractivity contribution in [3.8, 4) is 0 Å². The first kappa shape index (κ1) is 21.2. The fourth-order valence-electron chi connectivity index (χ4n) is 3.43. The summed E-state index contributed by atoms with van der Waals surface area (Å²) < 4.78 is 5.42. The highest BCUT2D eigenvalue weighted by Crippen LogP contribution is 2.28. The summed E-state index contributed by atoms with van der Waals surface area (Å²) in [6.45, 7) is 3.24. The second kappa shape index (κ2) is 10.3. The molecule has 0 saturated carbocycles. The van der Waals surface area contributed by atoms with E-state index in [9.17, 15) is 4.79 Å². The molecule has 3 N–H and O–H groups in total. The molecule has 6 heteroatoms. The van der Waals surface area contributed by atoms with Crippen molar-refractivity contribution in [1.29, 1.82) is 0 Å². The lowest BCUT2D eigenvalue weighted by Crippen LogP contribution is -2.47. The van der Waals surface area contributed by atoms with E-state index < -0.39 is 0 Å². The van der Waals surface area contributed by atoms with E-state index in [-0.39, 0.29) is 23.7 Å². The second-order valence-electron chi connectivity index (χ2n) is 6.94. The topological polar surface area (TPSA) is 62.4 Å². The van der Waals surface area contributed by atoms with Gasteiger partial charge in [0.1, 0.15) is 0 Å². The van der Waals surface area contributed by atoms with E-state index in [2.05, 4.69) is 16.0 Å². The van der Waals surface area contributed by atoms with Crippen LogP contribution in [0.15, 0.2) is 54.6 Å². The highest BCUT2D eigenvalue weighted by atomic mass is 35.5. The average molecular weight is 390 g/mol. The molecule has 1 aliphatic heterocycles. The maximum atomic E-state index is 12.6. The molecule has 1 amide bonds. The highest BCUT2D eigenvalue weighted by molar-refractivity contribution is 5.95. The van der Waals surface area contributed by atoms with Gasteiger partial charge in [-0.05, 0) is 56.3 Å². The number of piperidine rings is 1. The lowest BCUT2D eigenvalue weighted by Gasteiger charge is -2.37. The number of halogens is 1. The van der Waals surface area contributed by atoms with Gasteiger partial charge in [-0.3, -0.25) is 4.79 Å². The van der Waals surface area contributed by atoms with E-state index in [0.717, 1.165) is 37.3 Å². The zero-order valence-corrected chi connectivity index (χ0v) is 16.5. The number of anilines is 2. The van der Waals surface area contributed by atoms with Crippen molar-refractivity contribution >= 4 is 29.7 Å². The quantitative estimate of drug-likeness (QED) is 0.677. The van der Waals surface area contributed by atoms with Gasteiger partial charge < -0.3 is 20.7 Å². The van der Waals surface area contributed by atoms with Crippen LogP contribution in [0, 0.1) is 5.41 Å². The molecule has 1 saturated heterocycles. The summed E-state index contributed by atoms with van der Waals surface area (Å²) in [7, 11) is 1.73. The Morgan fingerprint density at radius 3 is 2.48 bits per heavy atom. The number of carbonyl (C=O) groups is 1. The molecular formula is C21H28ClN3O2. The van der Waals surface area contributed by atoms with E-state index >= 15 is 0 Å². The van der Waals surface area contributed by atoms with Crippen molar-refractivity contribution in [2.45, 2.75) is 12.8 Å². The van der Waals surface area contributed by atoms with Crippen molar-refractivity contribution in [2.24, 2.45) is 5.41 Å². The lowest BCUT2D eigenvalue weighted by atomic mass is 9.79. The third-order valence-corrected chi connectivity index (χ3v) is 4.93. The van der Waals surface area contributed by atoms with Gasteiger partial charge in [-0.2, -0.15) is 0 Å². The predicted octanol–water partition coefficient (Wildman–Crippen LogP) is 3.60. The molecule has 3 rings (SSSR count). The van der Waals surface area contributed by atoms with Crippen LogP contribution < -0.4 is 16.0 Å². The number of hydrogen-bond donors (Lipinski definition) is 3. The number of para-hydroxylation sites is 1. The van der Waals surface area contributed by atoms with Crippen LogP contribution in [0.1, 0.15) is 23.2 Å². The maximum absolute atomic E-state index is 12.6. The van der Waals surface area contributed by atoms with Gasteiger partial charge in [0.25, 0.3) is 5.91 Å². The van der Waals surface area contributed by atoms with E-state index in [1.165, 1.54) is 0 Å². The Morgan fingerprint density at radius 2 is 1.78 bits per heavy atom. The minimum Gasteiger partial charge on any atom is -0.384 e. The molecule has 0 bridgehead atoms. The molecule has 27 heavy (non-hydrogen) atoms. The third-order valence-electron chi connectivity index (χ3n) is 4.93. The third kappa shape index (κ3) is 5.96. The molecule has 2 aromatic rings. The molecule has 146 valence electrons. The maximum Gasteiger partial charge on any atom is 0.251 e. The van der Waals surface area contributed by atoms with Crippen molar-refractivity contribution < 1.29 is 9.53 Å². The van der Waals surface area contributed by atoms with Crippen LogP contribution >= 0.6 is 12.4 Å². The number of rotatable bonds is 7. The SMILES string of the molecule is COCC1(CNC(=O)c2cccc(Nc3ccccc3)c2)CCNCC1.Cl. The van der Waals surface area contributed by atoms with Crippen LogP contribution in [-0.4, -0.2) is 39.3 Å².